The van der Waals surface area contributed by atoms with Crippen LogP contribution in [-0.4, -0.2) is 55.8 Å². The fourth-order valence-electron chi connectivity index (χ4n) is 7.63. The van der Waals surface area contributed by atoms with Crippen molar-refractivity contribution in [1.29, 1.82) is 0 Å². The van der Waals surface area contributed by atoms with Crippen LogP contribution in [0.4, 0.5) is 0 Å². The zero-order chi connectivity index (χ0) is 29.6. The molecule has 3 heterocycles. The summed E-state index contributed by atoms with van der Waals surface area (Å²) >= 11 is 0. The van der Waals surface area contributed by atoms with Gasteiger partial charge in [0.1, 0.15) is 0 Å². The predicted molar refractivity (Wildman–Crippen MR) is 186 cm³/mol. The van der Waals surface area contributed by atoms with Crippen LogP contribution in [-0.2, 0) is 17.7 Å². The summed E-state index contributed by atoms with van der Waals surface area (Å²) in [6, 6.07) is 28.9. The van der Waals surface area contributed by atoms with E-state index in [-0.39, 0.29) is 32.3 Å². The first-order chi connectivity index (χ1) is 20.3. The second kappa shape index (κ2) is 14.6. The Hall–Kier alpha value is -0.639. The Morgan fingerprint density at radius 1 is 0.667 bits per heavy atom. The third-order valence-corrected chi connectivity index (χ3v) is 22.9. The van der Waals surface area contributed by atoms with Crippen molar-refractivity contribution in [1.82, 2.24) is 0 Å². The highest BCUT2D eigenvalue weighted by atomic mass is 31.1. The lowest BCUT2D eigenvalue weighted by Gasteiger charge is -2.31. The summed E-state index contributed by atoms with van der Waals surface area (Å²) < 4.78 is 27.8. The van der Waals surface area contributed by atoms with E-state index in [9.17, 15) is 0 Å². The lowest BCUT2D eigenvalue weighted by atomic mass is 9.98. The molecular weight excluding hydrogens is 588 g/mol. The van der Waals surface area contributed by atoms with Crippen LogP contribution < -0.4 is 10.6 Å². The van der Waals surface area contributed by atoms with Crippen LogP contribution >= 0.6 is 7.92 Å². The van der Waals surface area contributed by atoms with E-state index in [1.165, 1.54) is 67.0 Å². The molecule has 7 unspecified atom stereocenters. The van der Waals surface area contributed by atoms with Crippen LogP contribution in [0.5, 0.6) is 0 Å². The summed E-state index contributed by atoms with van der Waals surface area (Å²) in [5, 5.41) is 3.02. The third-order valence-electron chi connectivity index (χ3n) is 9.99. The zero-order valence-electron chi connectivity index (χ0n) is 26.9. The van der Waals surface area contributed by atoms with E-state index >= 15 is 0 Å². The van der Waals surface area contributed by atoms with Crippen LogP contribution in [0.15, 0.2) is 60.7 Å². The first kappa shape index (κ1) is 32.7. The molecule has 0 saturated carbocycles. The molecule has 3 saturated heterocycles. The van der Waals surface area contributed by atoms with Gasteiger partial charge in [-0.25, -0.2) is 0 Å². The van der Waals surface area contributed by atoms with Gasteiger partial charge in [-0.1, -0.05) is 131 Å². The van der Waals surface area contributed by atoms with Crippen molar-refractivity contribution in [2.24, 2.45) is 0 Å². The standard InChI is InChI=1S/C34H55O4PSi3/c1-6-8-22-32-34-33-31(7-2)35-41(4,37-33)27-16-25-40(3,26-17-28-42(5,36-32)38-34)24-15-23-39(29-18-11-9-12-19-29)30-20-13-10-14-21-30/h9-14,18-21,31-34H,6-8,15-17,22-28H2,1-5H3. The summed E-state index contributed by atoms with van der Waals surface area (Å²) in [5.74, 6) is 0. The monoisotopic (exact) mass is 642 g/mol. The lowest BCUT2D eigenvalue weighted by Crippen LogP contribution is -2.43. The van der Waals surface area contributed by atoms with Crippen molar-refractivity contribution in [3.05, 3.63) is 60.7 Å². The summed E-state index contributed by atoms with van der Waals surface area (Å²) in [6.45, 7) is 11.9. The van der Waals surface area contributed by atoms with Crippen molar-refractivity contribution < 1.29 is 17.7 Å². The highest BCUT2D eigenvalue weighted by Gasteiger charge is 2.57. The molecule has 0 amide bonds. The molecule has 0 radical (unpaired) electrons. The van der Waals surface area contributed by atoms with E-state index in [1.807, 2.05) is 0 Å². The van der Waals surface area contributed by atoms with Crippen LogP contribution in [0.25, 0.3) is 0 Å². The zero-order valence-corrected chi connectivity index (χ0v) is 30.7. The smallest absolute Gasteiger partial charge is 0.335 e. The normalized spacial score (nSPS) is 35.5. The first-order valence-electron chi connectivity index (χ1n) is 16.8. The Balaban J connectivity index is 1.30. The maximum Gasteiger partial charge on any atom is 0.335 e. The predicted octanol–water partition coefficient (Wildman–Crippen LogP) is 8.69. The third kappa shape index (κ3) is 8.14. The van der Waals surface area contributed by atoms with Gasteiger partial charge in [-0.15, -0.1) is 0 Å². The molecule has 3 aliphatic rings. The second-order valence-electron chi connectivity index (χ2n) is 13.7. The van der Waals surface area contributed by atoms with Crippen molar-refractivity contribution in [2.45, 2.75) is 133 Å². The fraction of sp³-hybridized carbons (Fsp3) is 0.647. The SMILES string of the molecule is CCCCC1O[Si]2(C)CCC[Si](C)(CCCP(c3ccccc3)c3ccccc3)CCC[Si]3(C)OC(CC)C(O3)C1O2. The van der Waals surface area contributed by atoms with Gasteiger partial charge in [0.2, 0.25) is 0 Å². The molecule has 4 bridgehead atoms. The molecule has 0 N–H and O–H groups in total. The average Bonchev–Trinajstić information content (AvgIpc) is 3.51. The molecule has 0 aliphatic carbocycles. The maximum atomic E-state index is 7.01. The van der Waals surface area contributed by atoms with Crippen molar-refractivity contribution in [2.75, 3.05) is 6.16 Å². The molecule has 42 heavy (non-hydrogen) atoms. The van der Waals surface area contributed by atoms with Gasteiger partial charge in [-0.3, -0.25) is 0 Å². The molecule has 3 aliphatic heterocycles. The molecular formula is C34H55O4PSi3. The van der Waals surface area contributed by atoms with Crippen LogP contribution in [0.3, 0.4) is 0 Å². The minimum Gasteiger partial charge on any atom is -0.388 e. The fourth-order valence-corrected chi connectivity index (χ4v) is 20.6. The number of hydrogen-bond donors (Lipinski definition) is 0. The van der Waals surface area contributed by atoms with Crippen molar-refractivity contribution in [3.8, 4) is 0 Å². The molecule has 2 aromatic rings. The van der Waals surface area contributed by atoms with Gasteiger partial charge in [-0.2, -0.15) is 0 Å². The number of rotatable bonds is 10. The van der Waals surface area contributed by atoms with Gasteiger partial charge < -0.3 is 17.7 Å². The minimum absolute atomic E-state index is 0.0439. The minimum atomic E-state index is -2.24. The molecule has 5 rings (SSSR count). The molecule has 2 aromatic carbocycles. The van der Waals surface area contributed by atoms with Gasteiger partial charge in [0.15, 0.2) is 0 Å². The topological polar surface area (TPSA) is 36.9 Å². The van der Waals surface area contributed by atoms with Crippen LogP contribution in [0.2, 0.25) is 49.9 Å². The highest BCUT2D eigenvalue weighted by Crippen LogP contribution is 2.43. The molecule has 0 aromatic heterocycles. The lowest BCUT2D eigenvalue weighted by molar-refractivity contribution is 0.0119. The number of benzene rings is 2. The summed E-state index contributed by atoms with van der Waals surface area (Å²) in [6.07, 6.45) is 9.99. The van der Waals surface area contributed by atoms with Crippen LogP contribution in [0, 0.1) is 0 Å². The van der Waals surface area contributed by atoms with E-state index in [2.05, 4.69) is 94.2 Å². The van der Waals surface area contributed by atoms with E-state index in [4.69, 9.17) is 17.7 Å². The van der Waals surface area contributed by atoms with Crippen molar-refractivity contribution in [3.63, 3.8) is 0 Å². The van der Waals surface area contributed by atoms with E-state index in [1.54, 1.807) is 0 Å². The Morgan fingerprint density at radius 3 is 1.71 bits per heavy atom. The average molecular weight is 643 g/mol. The van der Waals surface area contributed by atoms with Gasteiger partial charge >= 0.3 is 17.1 Å². The first-order valence-corrected chi connectivity index (χ1v) is 26.5. The quantitative estimate of drug-likeness (QED) is 0.192. The van der Waals surface area contributed by atoms with Gasteiger partial charge in [0.25, 0.3) is 0 Å². The number of fused-ring (bicyclic) bond motifs is 5. The van der Waals surface area contributed by atoms with E-state index in [0.29, 0.717) is 0 Å². The Morgan fingerprint density at radius 2 is 1.19 bits per heavy atom. The Bertz CT molecular complexity index is 1070. The van der Waals surface area contributed by atoms with Crippen LogP contribution in [0.1, 0.15) is 58.8 Å². The maximum absolute atomic E-state index is 7.01. The largest absolute Gasteiger partial charge is 0.388 e. The van der Waals surface area contributed by atoms with Crippen molar-refractivity contribution >= 4 is 43.7 Å². The summed E-state index contributed by atoms with van der Waals surface area (Å²) in [4.78, 5) is 0. The Kier molecular flexibility index (Phi) is 11.4. The summed E-state index contributed by atoms with van der Waals surface area (Å²) in [7, 11) is -6.25. The molecule has 7 atom stereocenters. The summed E-state index contributed by atoms with van der Waals surface area (Å²) in [5.41, 5.74) is 0. The van der Waals surface area contributed by atoms with E-state index < -0.39 is 25.2 Å². The number of hydrogen-bond acceptors (Lipinski definition) is 4. The second-order valence-corrected chi connectivity index (χ2v) is 27.7. The van der Waals surface area contributed by atoms with Gasteiger partial charge in [0, 0.05) is 0 Å². The molecule has 8 heteroatoms. The molecule has 232 valence electrons. The molecule has 3 fully saturated rings. The van der Waals surface area contributed by atoms with Gasteiger partial charge in [-0.05, 0) is 62.7 Å². The molecule has 4 nitrogen and oxygen atoms in total. The Labute approximate surface area is 260 Å². The number of unbranched alkanes of at least 4 members (excludes halogenated alkanes) is 1. The molecule has 0 spiro atoms. The highest BCUT2D eigenvalue weighted by molar-refractivity contribution is 7.73. The van der Waals surface area contributed by atoms with Gasteiger partial charge in [0.05, 0.1) is 32.5 Å². The van der Waals surface area contributed by atoms with E-state index in [0.717, 1.165) is 24.9 Å².